The van der Waals surface area contributed by atoms with E-state index < -0.39 is 10.0 Å². The number of benzene rings is 2. The van der Waals surface area contributed by atoms with Gasteiger partial charge in [-0.05, 0) is 11.6 Å². The summed E-state index contributed by atoms with van der Waals surface area (Å²) in [6.07, 6.45) is 0. The van der Waals surface area contributed by atoms with Crippen molar-refractivity contribution in [2.24, 2.45) is 0 Å². The Bertz CT molecular complexity index is 713. The molecule has 0 N–H and O–H groups in total. The summed E-state index contributed by atoms with van der Waals surface area (Å²) in [6.45, 7) is 1.01. The van der Waals surface area contributed by atoms with Gasteiger partial charge in [0.05, 0.1) is 31.2 Å². The summed E-state index contributed by atoms with van der Waals surface area (Å²) < 4.78 is 32.1. The van der Waals surface area contributed by atoms with E-state index in [2.05, 4.69) is 0 Å². The zero-order valence-electron chi connectivity index (χ0n) is 11.6. The minimum absolute atomic E-state index is 0.00810. The molecule has 0 saturated heterocycles. The zero-order chi connectivity index (χ0) is 14.7. The minimum Gasteiger partial charge on any atom is -0.376 e. The molecular weight excluding hydrogens is 286 g/mol. The first-order valence-corrected chi connectivity index (χ1v) is 8.48. The summed E-state index contributed by atoms with van der Waals surface area (Å²) in [7, 11) is -3.39. The van der Waals surface area contributed by atoms with E-state index in [4.69, 9.17) is 4.74 Å². The van der Waals surface area contributed by atoms with E-state index in [0.29, 0.717) is 18.8 Å². The van der Waals surface area contributed by atoms with Crippen LogP contribution in [0.1, 0.15) is 11.1 Å². The third-order valence-electron chi connectivity index (χ3n) is 3.51. The number of fused-ring (bicyclic) bond motifs is 1. The number of anilines is 1. The highest BCUT2D eigenvalue weighted by Gasteiger charge is 2.26. The van der Waals surface area contributed by atoms with E-state index in [1.807, 2.05) is 54.6 Å². The van der Waals surface area contributed by atoms with Crippen LogP contribution < -0.4 is 4.31 Å². The Labute approximate surface area is 125 Å². The Morgan fingerprint density at radius 2 is 1.71 bits per heavy atom. The molecule has 1 heterocycles. The molecule has 5 heteroatoms. The molecule has 0 amide bonds. The van der Waals surface area contributed by atoms with E-state index in [1.165, 1.54) is 4.31 Å². The third-order valence-corrected chi connectivity index (χ3v) is 5.19. The summed E-state index contributed by atoms with van der Waals surface area (Å²) in [6, 6.07) is 17.1. The molecule has 1 aliphatic heterocycles. The molecule has 0 fully saturated rings. The molecule has 0 saturated carbocycles. The van der Waals surface area contributed by atoms with Crippen molar-refractivity contribution in [3.05, 3.63) is 65.7 Å². The lowest BCUT2D eigenvalue weighted by atomic mass is 10.1. The predicted molar refractivity (Wildman–Crippen MR) is 82.5 cm³/mol. The van der Waals surface area contributed by atoms with E-state index >= 15 is 0 Å². The fourth-order valence-electron chi connectivity index (χ4n) is 2.42. The van der Waals surface area contributed by atoms with Crippen LogP contribution in [0.25, 0.3) is 0 Å². The Balaban J connectivity index is 2.05. The lowest BCUT2D eigenvalue weighted by molar-refractivity contribution is 0.135. The molecule has 2 aromatic rings. The van der Waals surface area contributed by atoms with Crippen LogP contribution in [0.4, 0.5) is 5.69 Å². The van der Waals surface area contributed by atoms with Gasteiger partial charge < -0.3 is 4.74 Å². The van der Waals surface area contributed by atoms with Gasteiger partial charge in [0, 0.05) is 5.56 Å². The number of hydrogen-bond donors (Lipinski definition) is 0. The van der Waals surface area contributed by atoms with Crippen molar-refractivity contribution in [2.75, 3.05) is 16.7 Å². The molecule has 1 aliphatic rings. The summed E-state index contributed by atoms with van der Waals surface area (Å²) in [4.78, 5) is 0. The average Bonchev–Trinajstić information content (AvgIpc) is 2.50. The molecule has 3 rings (SSSR count). The van der Waals surface area contributed by atoms with Crippen molar-refractivity contribution >= 4 is 15.7 Å². The van der Waals surface area contributed by atoms with Crippen LogP contribution in [0.5, 0.6) is 0 Å². The summed E-state index contributed by atoms with van der Waals surface area (Å²) in [5.41, 5.74) is 2.58. The summed E-state index contributed by atoms with van der Waals surface area (Å²) >= 11 is 0. The standard InChI is InChI=1S/C16H17NO3S/c18-21(19)11-10-20-13-15-8-4-5-9-16(15)17(21)12-14-6-2-1-3-7-14/h1-9H,10-13H2. The van der Waals surface area contributed by atoms with Crippen molar-refractivity contribution in [3.63, 3.8) is 0 Å². The maximum absolute atomic E-state index is 12.6. The maximum Gasteiger partial charge on any atom is 0.237 e. The molecule has 2 aromatic carbocycles. The Morgan fingerprint density at radius 3 is 2.52 bits per heavy atom. The van der Waals surface area contributed by atoms with Crippen LogP contribution in [0, 0.1) is 0 Å². The second-order valence-electron chi connectivity index (χ2n) is 4.99. The number of ether oxygens (including phenoxy) is 1. The first-order valence-electron chi connectivity index (χ1n) is 6.87. The maximum atomic E-state index is 12.6. The first-order chi connectivity index (χ1) is 10.2. The monoisotopic (exact) mass is 303 g/mol. The molecule has 0 unspecified atom stereocenters. The van der Waals surface area contributed by atoms with Crippen molar-refractivity contribution in [1.29, 1.82) is 0 Å². The quantitative estimate of drug-likeness (QED) is 0.856. The fourth-order valence-corrected chi connectivity index (χ4v) is 3.79. The number of nitrogens with zero attached hydrogens (tertiary/aromatic N) is 1. The van der Waals surface area contributed by atoms with Gasteiger partial charge in [-0.2, -0.15) is 0 Å². The molecule has 21 heavy (non-hydrogen) atoms. The number of para-hydroxylation sites is 1. The number of sulfonamides is 1. The van der Waals surface area contributed by atoms with E-state index in [-0.39, 0.29) is 12.4 Å². The van der Waals surface area contributed by atoms with Gasteiger partial charge in [0.2, 0.25) is 10.0 Å². The largest absolute Gasteiger partial charge is 0.376 e. The Kier molecular flexibility index (Phi) is 3.94. The van der Waals surface area contributed by atoms with Gasteiger partial charge in [-0.3, -0.25) is 4.31 Å². The predicted octanol–water partition coefficient (Wildman–Crippen LogP) is 2.55. The fraction of sp³-hybridized carbons (Fsp3) is 0.250. The highest BCUT2D eigenvalue weighted by Crippen LogP contribution is 2.27. The van der Waals surface area contributed by atoms with Crippen molar-refractivity contribution in [1.82, 2.24) is 0 Å². The molecular formula is C16H17NO3S. The molecule has 110 valence electrons. The minimum atomic E-state index is -3.39. The van der Waals surface area contributed by atoms with Crippen molar-refractivity contribution < 1.29 is 13.2 Å². The number of rotatable bonds is 2. The van der Waals surface area contributed by atoms with Gasteiger partial charge in [0.15, 0.2) is 0 Å². The van der Waals surface area contributed by atoms with Crippen LogP contribution in [0.3, 0.4) is 0 Å². The van der Waals surface area contributed by atoms with Crippen LogP contribution in [0.15, 0.2) is 54.6 Å². The van der Waals surface area contributed by atoms with Crippen LogP contribution in [0.2, 0.25) is 0 Å². The molecule has 0 aliphatic carbocycles. The topological polar surface area (TPSA) is 46.6 Å². The number of hydrogen-bond acceptors (Lipinski definition) is 3. The molecule has 0 spiro atoms. The van der Waals surface area contributed by atoms with Crippen LogP contribution in [-0.4, -0.2) is 20.8 Å². The zero-order valence-corrected chi connectivity index (χ0v) is 12.4. The van der Waals surface area contributed by atoms with Gasteiger partial charge >= 0.3 is 0 Å². The molecule has 0 atom stereocenters. The molecule has 0 radical (unpaired) electrons. The molecule has 4 nitrogen and oxygen atoms in total. The van der Waals surface area contributed by atoms with Crippen LogP contribution >= 0.6 is 0 Å². The first kappa shape index (κ1) is 14.1. The van der Waals surface area contributed by atoms with Gasteiger partial charge in [0.25, 0.3) is 0 Å². The van der Waals surface area contributed by atoms with Crippen molar-refractivity contribution in [2.45, 2.75) is 13.2 Å². The summed E-state index contributed by atoms with van der Waals surface area (Å²) in [5, 5.41) is 0. The van der Waals surface area contributed by atoms with Gasteiger partial charge in [-0.1, -0.05) is 48.5 Å². The second-order valence-corrected chi connectivity index (χ2v) is 7.00. The van der Waals surface area contributed by atoms with Crippen LogP contribution in [-0.2, 0) is 27.9 Å². The summed E-state index contributed by atoms with van der Waals surface area (Å²) in [5.74, 6) is 0.00810. The Morgan fingerprint density at radius 1 is 1.00 bits per heavy atom. The molecule has 0 bridgehead atoms. The van der Waals surface area contributed by atoms with Crippen molar-refractivity contribution in [3.8, 4) is 0 Å². The van der Waals surface area contributed by atoms with Gasteiger partial charge in [-0.15, -0.1) is 0 Å². The highest BCUT2D eigenvalue weighted by atomic mass is 32.2. The van der Waals surface area contributed by atoms with Gasteiger partial charge in [0.1, 0.15) is 0 Å². The highest BCUT2D eigenvalue weighted by molar-refractivity contribution is 7.92. The lowest BCUT2D eigenvalue weighted by Crippen LogP contribution is -2.36. The van der Waals surface area contributed by atoms with E-state index in [9.17, 15) is 8.42 Å². The Hall–Kier alpha value is -1.85. The van der Waals surface area contributed by atoms with Gasteiger partial charge in [-0.25, -0.2) is 8.42 Å². The SMILES string of the molecule is O=S1(=O)CCOCc2ccccc2N1Cc1ccccc1. The second kappa shape index (κ2) is 5.87. The lowest BCUT2D eigenvalue weighted by Gasteiger charge is -2.28. The molecule has 0 aromatic heterocycles. The average molecular weight is 303 g/mol. The van der Waals surface area contributed by atoms with E-state index in [0.717, 1.165) is 11.1 Å². The van der Waals surface area contributed by atoms with E-state index in [1.54, 1.807) is 0 Å². The smallest absolute Gasteiger partial charge is 0.237 e. The third kappa shape index (κ3) is 3.09. The normalized spacial score (nSPS) is 17.6.